The summed E-state index contributed by atoms with van der Waals surface area (Å²) in [6.45, 7) is 5.05. The van der Waals surface area contributed by atoms with Gasteiger partial charge in [-0.05, 0) is 43.9 Å². The quantitative estimate of drug-likeness (QED) is 0.682. The molecule has 2 aliphatic rings. The molecule has 0 amide bonds. The third-order valence-electron chi connectivity index (χ3n) is 6.22. The molecule has 0 spiro atoms. The Hall–Kier alpha value is -2.96. The summed E-state index contributed by atoms with van der Waals surface area (Å²) in [5, 5.41) is 0. The minimum atomic E-state index is 0.421. The van der Waals surface area contributed by atoms with Crippen LogP contribution >= 0.6 is 0 Å². The second-order valence-electron chi connectivity index (χ2n) is 8.27. The second kappa shape index (κ2) is 7.13. The lowest BCUT2D eigenvalue weighted by Gasteiger charge is -2.39. The van der Waals surface area contributed by atoms with Crippen LogP contribution in [0.25, 0.3) is 11.0 Å². The maximum atomic E-state index is 4.99. The fourth-order valence-corrected chi connectivity index (χ4v) is 4.68. The summed E-state index contributed by atoms with van der Waals surface area (Å²) in [4.78, 5) is 26.0. The number of fused-ring (bicyclic) bond motifs is 2. The number of hydrogen-bond acceptors (Lipinski definition) is 7. The smallest absolute Gasteiger partial charge is 0.227 e. The highest BCUT2D eigenvalue weighted by atomic mass is 15.3. The van der Waals surface area contributed by atoms with E-state index in [2.05, 4.69) is 21.7 Å². The van der Waals surface area contributed by atoms with Crippen LogP contribution in [-0.4, -0.2) is 59.7 Å². The first-order valence-corrected chi connectivity index (χ1v) is 10.4. The van der Waals surface area contributed by atoms with Crippen LogP contribution in [0.3, 0.4) is 0 Å². The van der Waals surface area contributed by atoms with E-state index in [4.69, 9.17) is 15.0 Å². The Labute approximate surface area is 171 Å². The van der Waals surface area contributed by atoms with Crippen LogP contribution in [0.1, 0.15) is 18.5 Å². The molecule has 2 fully saturated rings. The van der Waals surface area contributed by atoms with Gasteiger partial charge in [-0.25, -0.2) is 15.0 Å². The van der Waals surface area contributed by atoms with Gasteiger partial charge in [-0.1, -0.05) is 12.1 Å². The Morgan fingerprint density at radius 2 is 1.72 bits per heavy atom. The Morgan fingerprint density at radius 1 is 0.966 bits per heavy atom. The molecule has 7 nitrogen and oxygen atoms in total. The van der Waals surface area contributed by atoms with Crippen LogP contribution in [0.4, 0.5) is 17.6 Å². The van der Waals surface area contributed by atoms with Gasteiger partial charge >= 0.3 is 0 Å². The third kappa shape index (κ3) is 3.24. The Balaban J connectivity index is 1.44. The molecule has 2 aliphatic heterocycles. The van der Waals surface area contributed by atoms with Gasteiger partial charge in [-0.2, -0.15) is 4.98 Å². The molecule has 2 saturated heterocycles. The van der Waals surface area contributed by atoms with E-state index in [1.54, 1.807) is 0 Å². The first-order valence-electron chi connectivity index (χ1n) is 10.4. The van der Waals surface area contributed by atoms with E-state index in [0.29, 0.717) is 12.0 Å². The molecule has 3 aromatic rings. The van der Waals surface area contributed by atoms with E-state index in [1.165, 1.54) is 6.42 Å². The molecular weight excluding hydrogens is 362 g/mol. The summed E-state index contributed by atoms with van der Waals surface area (Å²) >= 11 is 0. The highest BCUT2D eigenvalue weighted by molar-refractivity contribution is 5.76. The predicted octanol–water partition coefficient (Wildman–Crippen LogP) is 2.90. The number of nitrogens with zero attached hydrogens (tertiary/aromatic N) is 7. The molecule has 0 saturated carbocycles. The number of benzene rings is 1. The minimum Gasteiger partial charge on any atom is -0.363 e. The number of aryl methyl sites for hydroxylation is 1. The van der Waals surface area contributed by atoms with Crippen molar-refractivity contribution in [3.63, 3.8) is 0 Å². The van der Waals surface area contributed by atoms with Gasteiger partial charge in [0.1, 0.15) is 5.82 Å². The number of piperidine rings is 1. The maximum Gasteiger partial charge on any atom is 0.227 e. The standard InChI is InChI=1S/C22H27N7/c1-15-21(25-18-7-5-4-6-17(18)24-15)29-13-10-16-9-12-28(14-19(16)29)22-23-11-8-20(26-22)27(2)3/h4-8,11,16,19H,9-10,12-14H2,1-3H3. The molecule has 2 atom stereocenters. The molecule has 4 heterocycles. The van der Waals surface area contributed by atoms with Crippen molar-refractivity contribution in [2.24, 2.45) is 5.92 Å². The molecule has 150 valence electrons. The average Bonchev–Trinajstić information content (AvgIpc) is 3.16. The van der Waals surface area contributed by atoms with Crippen LogP contribution in [0.2, 0.25) is 0 Å². The minimum absolute atomic E-state index is 0.421. The zero-order valence-electron chi connectivity index (χ0n) is 17.3. The molecule has 7 heteroatoms. The van der Waals surface area contributed by atoms with Gasteiger partial charge in [0.05, 0.1) is 22.8 Å². The fourth-order valence-electron chi connectivity index (χ4n) is 4.68. The normalized spacial score (nSPS) is 21.5. The summed E-state index contributed by atoms with van der Waals surface area (Å²) in [5.74, 6) is 3.48. The third-order valence-corrected chi connectivity index (χ3v) is 6.22. The van der Waals surface area contributed by atoms with Crippen molar-refractivity contribution in [1.29, 1.82) is 0 Å². The van der Waals surface area contributed by atoms with Crippen molar-refractivity contribution in [3.05, 3.63) is 42.2 Å². The highest BCUT2D eigenvalue weighted by Crippen LogP contribution is 2.36. The van der Waals surface area contributed by atoms with Gasteiger partial charge < -0.3 is 14.7 Å². The van der Waals surface area contributed by atoms with Crippen molar-refractivity contribution in [2.45, 2.75) is 25.8 Å². The van der Waals surface area contributed by atoms with E-state index in [-0.39, 0.29) is 0 Å². The summed E-state index contributed by atoms with van der Waals surface area (Å²) in [7, 11) is 4.02. The number of anilines is 3. The summed E-state index contributed by atoms with van der Waals surface area (Å²) in [5.41, 5.74) is 2.93. The van der Waals surface area contributed by atoms with Crippen LogP contribution in [-0.2, 0) is 0 Å². The molecule has 2 aromatic heterocycles. The van der Waals surface area contributed by atoms with Crippen LogP contribution in [0.15, 0.2) is 36.5 Å². The number of para-hydroxylation sites is 2. The van der Waals surface area contributed by atoms with E-state index in [0.717, 1.165) is 60.4 Å². The SMILES string of the molecule is Cc1nc2ccccc2nc1N1CCC2CCN(c3nccc(N(C)C)n3)CC21. The summed E-state index contributed by atoms with van der Waals surface area (Å²) in [6, 6.07) is 10.5. The molecule has 5 rings (SSSR count). The van der Waals surface area contributed by atoms with Crippen LogP contribution in [0.5, 0.6) is 0 Å². The lowest BCUT2D eigenvalue weighted by Crippen LogP contribution is -2.49. The summed E-state index contributed by atoms with van der Waals surface area (Å²) < 4.78 is 0. The van der Waals surface area contributed by atoms with Crippen LogP contribution in [0, 0.1) is 12.8 Å². The van der Waals surface area contributed by atoms with Crippen molar-refractivity contribution < 1.29 is 0 Å². The van der Waals surface area contributed by atoms with Gasteiger partial charge in [0.15, 0.2) is 5.82 Å². The zero-order chi connectivity index (χ0) is 20.0. The zero-order valence-corrected chi connectivity index (χ0v) is 17.3. The van der Waals surface area contributed by atoms with E-state index >= 15 is 0 Å². The molecule has 0 aliphatic carbocycles. The number of rotatable bonds is 3. The first kappa shape index (κ1) is 18.1. The molecule has 0 radical (unpaired) electrons. The monoisotopic (exact) mass is 389 g/mol. The largest absolute Gasteiger partial charge is 0.363 e. The topological polar surface area (TPSA) is 61.3 Å². The Morgan fingerprint density at radius 3 is 2.52 bits per heavy atom. The molecule has 2 unspecified atom stereocenters. The van der Waals surface area contributed by atoms with Crippen molar-refractivity contribution >= 4 is 28.6 Å². The van der Waals surface area contributed by atoms with Gasteiger partial charge in [-0.15, -0.1) is 0 Å². The molecule has 29 heavy (non-hydrogen) atoms. The van der Waals surface area contributed by atoms with Gasteiger partial charge in [0, 0.05) is 39.9 Å². The lowest BCUT2D eigenvalue weighted by molar-refractivity contribution is 0.386. The Bertz CT molecular complexity index is 1030. The van der Waals surface area contributed by atoms with Crippen molar-refractivity contribution in [3.8, 4) is 0 Å². The van der Waals surface area contributed by atoms with Gasteiger partial charge in [0.2, 0.25) is 5.95 Å². The van der Waals surface area contributed by atoms with E-state index in [1.807, 2.05) is 55.5 Å². The second-order valence-corrected chi connectivity index (χ2v) is 8.27. The van der Waals surface area contributed by atoms with Gasteiger partial charge in [-0.3, -0.25) is 0 Å². The predicted molar refractivity (Wildman–Crippen MR) is 117 cm³/mol. The number of aromatic nitrogens is 4. The molecular formula is C22H27N7. The van der Waals surface area contributed by atoms with E-state index < -0.39 is 0 Å². The average molecular weight is 390 g/mol. The van der Waals surface area contributed by atoms with Crippen molar-refractivity contribution in [1.82, 2.24) is 19.9 Å². The van der Waals surface area contributed by atoms with E-state index in [9.17, 15) is 0 Å². The highest BCUT2D eigenvalue weighted by Gasteiger charge is 2.40. The fraction of sp³-hybridized carbons (Fsp3) is 0.455. The molecule has 0 N–H and O–H groups in total. The van der Waals surface area contributed by atoms with Crippen LogP contribution < -0.4 is 14.7 Å². The van der Waals surface area contributed by atoms with Gasteiger partial charge in [0.25, 0.3) is 0 Å². The lowest BCUT2D eigenvalue weighted by atomic mass is 9.92. The maximum absolute atomic E-state index is 4.99. The molecule has 0 bridgehead atoms. The molecule has 1 aromatic carbocycles. The summed E-state index contributed by atoms with van der Waals surface area (Å²) in [6.07, 6.45) is 4.23. The first-order chi connectivity index (χ1) is 14.1. The number of hydrogen-bond donors (Lipinski definition) is 0. The Kier molecular flexibility index (Phi) is 4.45. The van der Waals surface area contributed by atoms with Crippen molar-refractivity contribution in [2.75, 3.05) is 48.4 Å².